The van der Waals surface area contributed by atoms with E-state index in [1.165, 1.54) is 11.3 Å². The lowest BCUT2D eigenvalue weighted by molar-refractivity contribution is 0.555. The Balaban J connectivity index is 2.43. The van der Waals surface area contributed by atoms with Crippen molar-refractivity contribution >= 4 is 38.9 Å². The first-order valence-corrected chi connectivity index (χ1v) is 5.11. The van der Waals surface area contributed by atoms with Gasteiger partial charge in [0.15, 0.2) is 15.4 Å². The number of aromatic nitrogens is 1. The first-order valence-electron chi connectivity index (χ1n) is 3.13. The maximum atomic E-state index is 5.72. The summed E-state index contributed by atoms with van der Waals surface area (Å²) < 4.78 is 6.65. The summed E-state index contributed by atoms with van der Waals surface area (Å²) in [4.78, 5) is 4.07. The second-order valence-corrected chi connectivity index (χ2v) is 4.52. The fraction of sp³-hybridized carbons (Fsp3) is 0. The molecule has 12 heavy (non-hydrogen) atoms. The van der Waals surface area contributed by atoms with E-state index in [-0.39, 0.29) is 0 Å². The molecule has 0 unspecified atom stereocenters. The molecule has 2 heterocycles. The number of hydrogen-bond acceptors (Lipinski definition) is 3. The van der Waals surface area contributed by atoms with Crippen molar-refractivity contribution < 1.29 is 4.42 Å². The quantitative estimate of drug-likeness (QED) is 0.782. The molecule has 0 saturated carbocycles. The van der Waals surface area contributed by atoms with Crippen LogP contribution in [0.4, 0.5) is 0 Å². The largest absolute Gasteiger partial charge is 0.447 e. The van der Waals surface area contributed by atoms with Crippen LogP contribution < -0.4 is 0 Å². The van der Waals surface area contributed by atoms with Gasteiger partial charge in [0.25, 0.3) is 0 Å². The summed E-state index contributed by atoms with van der Waals surface area (Å²) in [6.07, 6.45) is 1.61. The maximum Gasteiger partial charge on any atom is 0.170 e. The molecule has 0 atom stereocenters. The van der Waals surface area contributed by atoms with Gasteiger partial charge in [0.2, 0.25) is 0 Å². The second-order valence-electron chi connectivity index (χ2n) is 2.07. The lowest BCUT2D eigenvalue weighted by atomic mass is 10.5. The van der Waals surface area contributed by atoms with Gasteiger partial charge in [0.1, 0.15) is 4.34 Å². The fourth-order valence-corrected chi connectivity index (χ4v) is 1.98. The van der Waals surface area contributed by atoms with E-state index in [2.05, 4.69) is 20.9 Å². The predicted molar refractivity (Wildman–Crippen MR) is 52.5 cm³/mol. The van der Waals surface area contributed by atoms with Crippen LogP contribution in [0.25, 0.3) is 10.8 Å². The Hall–Kier alpha value is -0.320. The summed E-state index contributed by atoms with van der Waals surface area (Å²) in [6, 6.07) is 3.67. The highest BCUT2D eigenvalue weighted by molar-refractivity contribution is 9.10. The van der Waals surface area contributed by atoms with Crippen LogP contribution in [-0.4, -0.2) is 4.98 Å². The van der Waals surface area contributed by atoms with Gasteiger partial charge in [-0.25, -0.2) is 4.98 Å². The molecule has 0 aliphatic rings. The summed E-state index contributed by atoms with van der Waals surface area (Å²) in [5.41, 5.74) is 0. The first kappa shape index (κ1) is 8.29. The Kier molecular flexibility index (Phi) is 2.21. The molecule has 2 aromatic rings. The zero-order valence-corrected chi connectivity index (χ0v) is 8.91. The van der Waals surface area contributed by atoms with Crippen LogP contribution >= 0.6 is 38.9 Å². The van der Waals surface area contributed by atoms with Gasteiger partial charge in [-0.15, -0.1) is 0 Å². The van der Waals surface area contributed by atoms with Crippen molar-refractivity contribution in [3.8, 4) is 10.8 Å². The average Bonchev–Trinajstić information content (AvgIpc) is 2.58. The van der Waals surface area contributed by atoms with Gasteiger partial charge < -0.3 is 4.42 Å². The highest BCUT2D eigenvalue weighted by Gasteiger charge is 2.06. The lowest BCUT2D eigenvalue weighted by Gasteiger charge is -1.85. The van der Waals surface area contributed by atoms with Crippen molar-refractivity contribution in [3.05, 3.63) is 27.3 Å². The third kappa shape index (κ3) is 1.55. The zero-order chi connectivity index (χ0) is 8.55. The zero-order valence-electron chi connectivity index (χ0n) is 5.75. The highest BCUT2D eigenvalue weighted by atomic mass is 79.9. The third-order valence-electron chi connectivity index (χ3n) is 1.26. The van der Waals surface area contributed by atoms with Gasteiger partial charge in [-0.2, -0.15) is 0 Å². The van der Waals surface area contributed by atoms with Crippen molar-refractivity contribution in [1.82, 2.24) is 4.98 Å². The van der Waals surface area contributed by atoms with Crippen LogP contribution in [0.5, 0.6) is 0 Å². The minimum absolute atomic E-state index is 0.664. The summed E-state index contributed by atoms with van der Waals surface area (Å²) in [6.45, 7) is 0. The summed E-state index contributed by atoms with van der Waals surface area (Å²) in [7, 11) is 0. The Morgan fingerprint density at radius 2 is 2.33 bits per heavy atom. The van der Waals surface area contributed by atoms with Crippen LogP contribution in [-0.2, 0) is 0 Å². The molecular formula is C7H3BrClNOS. The van der Waals surface area contributed by atoms with E-state index in [0.717, 1.165) is 10.8 Å². The molecule has 0 N–H and O–H groups in total. The van der Waals surface area contributed by atoms with Crippen LogP contribution in [0, 0.1) is 0 Å². The molecule has 0 aliphatic heterocycles. The Labute approximate surface area is 86.3 Å². The van der Waals surface area contributed by atoms with Gasteiger partial charge >= 0.3 is 0 Å². The number of hydrogen-bond donors (Lipinski definition) is 0. The van der Waals surface area contributed by atoms with E-state index in [1.807, 2.05) is 12.1 Å². The molecule has 5 heteroatoms. The van der Waals surface area contributed by atoms with Gasteiger partial charge in [0.05, 0.1) is 6.20 Å². The molecule has 0 saturated heterocycles. The Bertz CT molecular complexity index is 359. The fourth-order valence-electron chi connectivity index (χ4n) is 0.798. The van der Waals surface area contributed by atoms with Gasteiger partial charge in [-0.1, -0.05) is 22.9 Å². The molecule has 0 spiro atoms. The number of rotatable bonds is 1. The van der Waals surface area contributed by atoms with Crippen molar-refractivity contribution in [2.45, 2.75) is 0 Å². The van der Waals surface area contributed by atoms with Crippen LogP contribution in [0.3, 0.4) is 0 Å². The summed E-state index contributed by atoms with van der Waals surface area (Å²) in [5, 5.41) is 0.797. The SMILES string of the molecule is Clc1cnc(-c2ccc(Br)o2)s1. The molecule has 2 nitrogen and oxygen atoms in total. The maximum absolute atomic E-state index is 5.72. The molecule has 2 aromatic heterocycles. The predicted octanol–water partition coefficient (Wildman–Crippen LogP) is 3.82. The van der Waals surface area contributed by atoms with Crippen molar-refractivity contribution in [2.24, 2.45) is 0 Å². The monoisotopic (exact) mass is 263 g/mol. The number of halogens is 2. The number of furan rings is 1. The van der Waals surface area contributed by atoms with E-state index in [0.29, 0.717) is 9.01 Å². The third-order valence-corrected chi connectivity index (χ3v) is 2.82. The topological polar surface area (TPSA) is 26.0 Å². The lowest BCUT2D eigenvalue weighted by Crippen LogP contribution is -1.66. The molecule has 0 bridgehead atoms. The van der Waals surface area contributed by atoms with Gasteiger partial charge in [-0.3, -0.25) is 0 Å². The Morgan fingerprint density at radius 1 is 1.50 bits per heavy atom. The Morgan fingerprint density at radius 3 is 2.83 bits per heavy atom. The van der Waals surface area contributed by atoms with Crippen LogP contribution in [0.1, 0.15) is 0 Å². The molecule has 0 amide bonds. The summed E-state index contributed by atoms with van der Waals surface area (Å²) >= 11 is 10.3. The highest BCUT2D eigenvalue weighted by Crippen LogP contribution is 2.30. The van der Waals surface area contributed by atoms with Crippen molar-refractivity contribution in [1.29, 1.82) is 0 Å². The second kappa shape index (κ2) is 3.20. The van der Waals surface area contributed by atoms with Crippen molar-refractivity contribution in [2.75, 3.05) is 0 Å². The average molecular weight is 265 g/mol. The normalized spacial score (nSPS) is 10.5. The standard InChI is InChI=1S/C7H3BrClNOS/c8-5-2-1-4(11-5)7-10-3-6(9)12-7/h1-3H. The molecular weight excluding hydrogens is 262 g/mol. The molecule has 0 fully saturated rings. The molecule has 0 radical (unpaired) electrons. The van der Waals surface area contributed by atoms with Crippen LogP contribution in [0.15, 0.2) is 27.4 Å². The van der Waals surface area contributed by atoms with Crippen LogP contribution in [0.2, 0.25) is 4.34 Å². The minimum atomic E-state index is 0.664. The first-order chi connectivity index (χ1) is 5.75. The van der Waals surface area contributed by atoms with E-state index in [4.69, 9.17) is 16.0 Å². The smallest absolute Gasteiger partial charge is 0.170 e. The number of thiazole rings is 1. The van der Waals surface area contributed by atoms with Gasteiger partial charge in [0, 0.05) is 0 Å². The summed E-state index contributed by atoms with van der Waals surface area (Å²) in [5.74, 6) is 0.735. The van der Waals surface area contributed by atoms with E-state index in [1.54, 1.807) is 6.20 Å². The van der Waals surface area contributed by atoms with E-state index < -0.39 is 0 Å². The van der Waals surface area contributed by atoms with Crippen molar-refractivity contribution in [3.63, 3.8) is 0 Å². The number of nitrogens with zero attached hydrogens (tertiary/aromatic N) is 1. The molecule has 2 rings (SSSR count). The molecule has 62 valence electrons. The molecule has 0 aromatic carbocycles. The van der Waals surface area contributed by atoms with E-state index in [9.17, 15) is 0 Å². The van der Waals surface area contributed by atoms with E-state index >= 15 is 0 Å². The minimum Gasteiger partial charge on any atom is -0.447 e. The van der Waals surface area contributed by atoms with Gasteiger partial charge in [-0.05, 0) is 28.1 Å². The molecule has 0 aliphatic carbocycles.